The fourth-order valence-corrected chi connectivity index (χ4v) is 3.59. The third-order valence-electron chi connectivity index (χ3n) is 4.60. The van der Waals surface area contributed by atoms with Gasteiger partial charge in [-0.2, -0.15) is 5.10 Å². The molecule has 4 rings (SSSR count). The van der Waals surface area contributed by atoms with Gasteiger partial charge < -0.3 is 0 Å². The van der Waals surface area contributed by atoms with Crippen molar-refractivity contribution in [3.8, 4) is 0 Å². The van der Waals surface area contributed by atoms with Gasteiger partial charge in [0.2, 0.25) is 0 Å². The lowest BCUT2D eigenvalue weighted by molar-refractivity contribution is 0.507. The maximum atomic E-state index is 12.8. The van der Waals surface area contributed by atoms with Crippen LogP contribution < -0.4 is 4.84 Å². The van der Waals surface area contributed by atoms with E-state index >= 15 is 0 Å². The third kappa shape index (κ3) is 4.45. The molecule has 1 aliphatic rings. The van der Waals surface area contributed by atoms with Crippen LogP contribution in [0.2, 0.25) is 0 Å². The Morgan fingerprint density at radius 2 is 2.00 bits per heavy atom. The van der Waals surface area contributed by atoms with E-state index in [4.69, 9.17) is 11.8 Å². The van der Waals surface area contributed by atoms with E-state index in [9.17, 15) is 8.78 Å². The van der Waals surface area contributed by atoms with Crippen LogP contribution in [0.5, 0.6) is 0 Å². The van der Waals surface area contributed by atoms with Crippen LogP contribution in [-0.4, -0.2) is 32.0 Å². The highest BCUT2D eigenvalue weighted by molar-refractivity contribution is 7.98. The highest BCUT2D eigenvalue weighted by Crippen LogP contribution is 2.41. The Balaban J connectivity index is 0.000000162. The molecule has 1 aliphatic carbocycles. The summed E-state index contributed by atoms with van der Waals surface area (Å²) in [5, 5.41) is 6.19. The van der Waals surface area contributed by atoms with Crippen LogP contribution in [0.25, 0.3) is 11.0 Å². The van der Waals surface area contributed by atoms with Crippen molar-refractivity contribution in [3.05, 3.63) is 47.3 Å². The maximum absolute atomic E-state index is 12.8. The van der Waals surface area contributed by atoms with E-state index in [-0.39, 0.29) is 12.0 Å². The van der Waals surface area contributed by atoms with Crippen molar-refractivity contribution in [2.75, 3.05) is 6.26 Å². The zero-order chi connectivity index (χ0) is 20.4. The van der Waals surface area contributed by atoms with E-state index in [2.05, 4.69) is 33.7 Å². The summed E-state index contributed by atoms with van der Waals surface area (Å²) in [5.41, 5.74) is 2.73. The molecule has 1 aromatic carbocycles. The lowest BCUT2D eigenvalue weighted by atomic mass is 10.1. The SMILES string of the molecule is CSc1nc(C)c2cnn(C(C)C)c2n1.Fc1ccc([C@@H]2CC2NCl)cc1F. The van der Waals surface area contributed by atoms with Gasteiger partial charge in [-0.05, 0) is 62.9 Å². The fourth-order valence-electron chi connectivity index (χ4n) is 2.94. The average molecular weight is 426 g/mol. The van der Waals surface area contributed by atoms with Crippen molar-refractivity contribution in [1.82, 2.24) is 24.6 Å². The molecule has 2 aromatic heterocycles. The van der Waals surface area contributed by atoms with E-state index < -0.39 is 11.6 Å². The summed E-state index contributed by atoms with van der Waals surface area (Å²) in [7, 11) is 0. The zero-order valence-corrected chi connectivity index (χ0v) is 17.7. The molecule has 0 radical (unpaired) electrons. The largest absolute Gasteiger partial charge is 0.245 e. The molecular weight excluding hydrogens is 404 g/mol. The van der Waals surface area contributed by atoms with Crippen molar-refractivity contribution in [1.29, 1.82) is 0 Å². The summed E-state index contributed by atoms with van der Waals surface area (Å²) in [6, 6.07) is 4.50. The smallest absolute Gasteiger partial charge is 0.189 e. The molecule has 28 heavy (non-hydrogen) atoms. The Kier molecular flexibility index (Phi) is 6.52. The lowest BCUT2D eigenvalue weighted by Crippen LogP contribution is -2.04. The van der Waals surface area contributed by atoms with Crippen molar-refractivity contribution in [3.63, 3.8) is 0 Å². The molecule has 1 unspecified atom stereocenters. The van der Waals surface area contributed by atoms with Crippen LogP contribution in [-0.2, 0) is 0 Å². The Labute approximate surface area is 172 Å². The predicted octanol–water partition coefficient (Wildman–Crippen LogP) is 5.00. The van der Waals surface area contributed by atoms with E-state index in [0.29, 0.717) is 6.04 Å². The van der Waals surface area contributed by atoms with E-state index in [0.717, 1.165) is 39.9 Å². The molecule has 5 nitrogen and oxygen atoms in total. The highest BCUT2D eigenvalue weighted by Gasteiger charge is 2.38. The van der Waals surface area contributed by atoms with Gasteiger partial charge in [-0.1, -0.05) is 17.8 Å². The molecule has 0 bridgehead atoms. The Morgan fingerprint density at radius 3 is 2.57 bits per heavy atom. The number of aromatic nitrogens is 4. The number of thioether (sulfide) groups is 1. The zero-order valence-electron chi connectivity index (χ0n) is 16.1. The number of benzene rings is 1. The van der Waals surface area contributed by atoms with Gasteiger partial charge in [-0.3, -0.25) is 0 Å². The van der Waals surface area contributed by atoms with Gasteiger partial charge in [0.05, 0.1) is 17.3 Å². The van der Waals surface area contributed by atoms with Gasteiger partial charge in [0, 0.05) is 18.0 Å². The van der Waals surface area contributed by atoms with E-state index in [1.807, 2.05) is 24.1 Å². The maximum Gasteiger partial charge on any atom is 0.189 e. The number of fused-ring (bicyclic) bond motifs is 1. The highest BCUT2D eigenvalue weighted by atomic mass is 35.5. The summed E-state index contributed by atoms with van der Waals surface area (Å²) in [6.07, 6.45) is 4.71. The lowest BCUT2D eigenvalue weighted by Gasteiger charge is -2.07. The molecule has 3 aromatic rings. The molecular formula is C19H22ClF2N5S. The normalized spacial score (nSPS) is 18.3. The predicted molar refractivity (Wildman–Crippen MR) is 109 cm³/mol. The van der Waals surface area contributed by atoms with Crippen LogP contribution in [0.1, 0.15) is 43.5 Å². The summed E-state index contributed by atoms with van der Waals surface area (Å²) in [4.78, 5) is 11.5. The molecule has 9 heteroatoms. The van der Waals surface area contributed by atoms with E-state index in [1.165, 1.54) is 6.07 Å². The molecule has 0 spiro atoms. The topological polar surface area (TPSA) is 55.6 Å². The number of aryl methyl sites for hydroxylation is 1. The third-order valence-corrected chi connectivity index (χ3v) is 5.43. The molecule has 1 N–H and O–H groups in total. The first-order valence-corrected chi connectivity index (χ1v) is 10.5. The molecule has 1 fully saturated rings. The van der Waals surface area contributed by atoms with E-state index in [1.54, 1.807) is 17.8 Å². The number of nitrogens with zero attached hydrogens (tertiary/aromatic N) is 4. The number of rotatable bonds is 4. The Bertz CT molecular complexity index is 978. The molecule has 150 valence electrons. The quantitative estimate of drug-likeness (QED) is 0.362. The number of hydrogen-bond donors (Lipinski definition) is 1. The second-order valence-electron chi connectivity index (χ2n) is 6.95. The second kappa shape index (κ2) is 8.71. The number of halogens is 3. The molecule has 0 saturated heterocycles. The van der Waals surface area contributed by atoms with Crippen molar-refractivity contribution < 1.29 is 8.78 Å². The first-order valence-electron chi connectivity index (χ1n) is 8.92. The first-order chi connectivity index (χ1) is 13.3. The van der Waals surface area contributed by atoms with Gasteiger partial charge in [0.1, 0.15) is 0 Å². The second-order valence-corrected chi connectivity index (χ2v) is 7.94. The minimum absolute atomic E-state index is 0.200. The van der Waals surface area contributed by atoms with Crippen LogP contribution in [0.3, 0.4) is 0 Å². The van der Waals surface area contributed by atoms with Gasteiger partial charge in [0.25, 0.3) is 0 Å². The fraction of sp³-hybridized carbons (Fsp3) is 0.421. The van der Waals surface area contributed by atoms with Crippen molar-refractivity contribution in [2.45, 2.75) is 50.4 Å². The molecule has 1 saturated carbocycles. The number of hydrogen-bond acceptors (Lipinski definition) is 5. The van der Waals surface area contributed by atoms with Crippen LogP contribution in [0.15, 0.2) is 29.6 Å². The van der Waals surface area contributed by atoms with Gasteiger partial charge in [-0.15, -0.1) is 0 Å². The molecule has 0 amide bonds. The molecule has 2 heterocycles. The minimum Gasteiger partial charge on any atom is -0.245 e. The standard InChI is InChI=1S/C10H14N4S.C9H8ClF2N/c1-6(2)14-9-8(5-11-14)7(3)12-10(13-9)15-4;10-13-9-4-6(9)5-1-2-7(11)8(12)3-5/h5-6H,1-4H3;1-3,6,9,13H,4H2/t;6-,9?/m.0/s1. The Morgan fingerprint density at radius 1 is 1.25 bits per heavy atom. The molecule has 0 aliphatic heterocycles. The summed E-state index contributed by atoms with van der Waals surface area (Å²) < 4.78 is 27.2. The van der Waals surface area contributed by atoms with Crippen molar-refractivity contribution in [2.24, 2.45) is 0 Å². The van der Waals surface area contributed by atoms with Gasteiger partial charge in [-0.25, -0.2) is 28.3 Å². The number of nitrogens with one attached hydrogen (secondary N) is 1. The van der Waals surface area contributed by atoms with Crippen LogP contribution >= 0.6 is 23.5 Å². The minimum atomic E-state index is -0.806. The average Bonchev–Trinajstić information content (AvgIpc) is 3.33. The van der Waals surface area contributed by atoms with Gasteiger partial charge >= 0.3 is 0 Å². The van der Waals surface area contributed by atoms with Gasteiger partial charge in [0.15, 0.2) is 22.4 Å². The monoisotopic (exact) mass is 425 g/mol. The summed E-state index contributed by atoms with van der Waals surface area (Å²) >= 11 is 6.96. The summed E-state index contributed by atoms with van der Waals surface area (Å²) in [6.45, 7) is 6.20. The summed E-state index contributed by atoms with van der Waals surface area (Å²) in [5.74, 6) is -1.37. The Hall–Kier alpha value is -1.77. The first kappa shape index (κ1) is 21.0. The molecule has 2 atom stereocenters. The van der Waals surface area contributed by atoms with Crippen molar-refractivity contribution >= 4 is 34.6 Å². The van der Waals surface area contributed by atoms with Crippen LogP contribution in [0, 0.1) is 18.6 Å². The van der Waals surface area contributed by atoms with Crippen LogP contribution in [0.4, 0.5) is 8.78 Å².